The number of allylic oxidation sites excluding steroid dienone is 1. The molecule has 10 heteroatoms. The van der Waals surface area contributed by atoms with Crippen molar-refractivity contribution < 1.29 is 27.9 Å². The maximum Gasteiger partial charge on any atom is 0.341 e. The van der Waals surface area contributed by atoms with Gasteiger partial charge in [0.1, 0.15) is 11.7 Å². The normalized spacial score (nSPS) is 21.2. The number of carboxylic acid groups (broad SMARTS) is 1. The van der Waals surface area contributed by atoms with Gasteiger partial charge in [0, 0.05) is 36.5 Å². The van der Waals surface area contributed by atoms with E-state index in [2.05, 4.69) is 0 Å². The van der Waals surface area contributed by atoms with Gasteiger partial charge in [-0.3, -0.25) is 9.59 Å². The number of benzene rings is 1. The van der Waals surface area contributed by atoms with Crippen LogP contribution in [0.15, 0.2) is 35.3 Å². The Bertz CT molecular complexity index is 1370. The van der Waals surface area contributed by atoms with E-state index in [1.54, 1.807) is 16.7 Å². The number of amides is 1. The van der Waals surface area contributed by atoms with Gasteiger partial charge in [0.05, 0.1) is 12.3 Å². The zero-order chi connectivity index (χ0) is 22.1. The predicted molar refractivity (Wildman–Crippen MR) is 110 cm³/mol. The van der Waals surface area contributed by atoms with E-state index in [9.17, 15) is 27.9 Å². The van der Waals surface area contributed by atoms with Crippen LogP contribution in [-0.4, -0.2) is 48.9 Å². The Hall–Kier alpha value is -3.24. The maximum absolute atomic E-state index is 12.6. The third-order valence-electron chi connectivity index (χ3n) is 5.99. The summed E-state index contributed by atoms with van der Waals surface area (Å²) in [5.74, 6) is -2.01. The van der Waals surface area contributed by atoms with Crippen LogP contribution in [0.4, 0.5) is 0 Å². The highest BCUT2D eigenvalue weighted by molar-refractivity contribution is 7.89. The number of pyridine rings is 1. The molecule has 2 aliphatic heterocycles. The fourth-order valence-electron chi connectivity index (χ4n) is 4.82. The molecular weight excluding hydrogens is 424 g/mol. The molecule has 2 N–H and O–H groups in total. The molecule has 1 saturated heterocycles. The van der Waals surface area contributed by atoms with E-state index < -0.39 is 27.3 Å². The zero-order valence-corrected chi connectivity index (χ0v) is 17.2. The van der Waals surface area contributed by atoms with Gasteiger partial charge in [-0.2, -0.15) is 0 Å². The highest BCUT2D eigenvalue weighted by Gasteiger charge is 2.44. The minimum absolute atomic E-state index is 0.174. The van der Waals surface area contributed by atoms with Crippen LogP contribution in [0.5, 0.6) is 0 Å². The smallest absolute Gasteiger partial charge is 0.341 e. The first-order chi connectivity index (χ1) is 14.7. The number of aromatic nitrogens is 1. The van der Waals surface area contributed by atoms with Crippen LogP contribution in [0.25, 0.3) is 11.1 Å². The Labute approximate surface area is 177 Å². The Kier molecular flexibility index (Phi) is 4.21. The number of sulfonamides is 1. The number of nitrogens with one attached hydrogen (secondary N) is 1. The molecule has 0 radical (unpaired) electrons. The van der Waals surface area contributed by atoms with Gasteiger partial charge >= 0.3 is 5.97 Å². The summed E-state index contributed by atoms with van der Waals surface area (Å²) in [5.41, 5.74) is 3.04. The van der Waals surface area contributed by atoms with Gasteiger partial charge in [0.2, 0.25) is 10.0 Å². The summed E-state index contributed by atoms with van der Waals surface area (Å²) in [6.07, 6.45) is 2.89. The second-order valence-corrected chi connectivity index (χ2v) is 9.65. The molecule has 3 aliphatic rings. The van der Waals surface area contributed by atoms with Gasteiger partial charge in [-0.15, -0.1) is 0 Å². The van der Waals surface area contributed by atoms with Crippen LogP contribution in [0, 0.1) is 0 Å². The lowest BCUT2D eigenvalue weighted by Crippen LogP contribution is -2.31. The molecule has 1 aromatic heterocycles. The molecule has 2 aromatic rings. The maximum atomic E-state index is 12.6. The molecule has 31 heavy (non-hydrogen) atoms. The van der Waals surface area contributed by atoms with Crippen molar-refractivity contribution in [2.45, 2.75) is 25.0 Å². The van der Waals surface area contributed by atoms with Gasteiger partial charge in [0.25, 0.3) is 5.91 Å². The number of carbonyl (C=O) groups excluding carboxylic acids is 1. The molecule has 1 unspecified atom stereocenters. The van der Waals surface area contributed by atoms with E-state index in [4.69, 9.17) is 4.74 Å². The fourth-order valence-corrected chi connectivity index (χ4v) is 5.27. The van der Waals surface area contributed by atoms with Crippen LogP contribution in [-0.2, 0) is 21.2 Å². The Balaban J connectivity index is 1.69. The van der Waals surface area contributed by atoms with Gasteiger partial charge in [0.15, 0.2) is 5.43 Å². The summed E-state index contributed by atoms with van der Waals surface area (Å²) >= 11 is 0. The van der Waals surface area contributed by atoms with Gasteiger partial charge in [-0.05, 0) is 34.8 Å². The SMILES string of the molecule is CS(=O)(=O)NC(=O)c1cccc2c1CC1=C2[C@H]2OCCC2n2cc(C(=O)O)c(=O)cc21. The lowest BCUT2D eigenvalue weighted by atomic mass is 9.89. The number of carboxylic acids is 1. The van der Waals surface area contributed by atoms with Crippen molar-refractivity contribution >= 4 is 33.0 Å². The quantitative estimate of drug-likeness (QED) is 0.726. The summed E-state index contributed by atoms with van der Waals surface area (Å²) in [4.78, 5) is 36.5. The van der Waals surface area contributed by atoms with E-state index in [0.29, 0.717) is 30.7 Å². The van der Waals surface area contributed by atoms with E-state index in [0.717, 1.165) is 23.0 Å². The first kappa shape index (κ1) is 19.7. The third kappa shape index (κ3) is 3.02. The Morgan fingerprint density at radius 2 is 2.03 bits per heavy atom. The topological polar surface area (TPSA) is 132 Å². The number of carbonyl (C=O) groups is 2. The molecular formula is C21H18N2O7S. The highest BCUT2D eigenvalue weighted by Crippen LogP contribution is 2.50. The fraction of sp³-hybridized carbons (Fsp3) is 0.286. The highest BCUT2D eigenvalue weighted by atomic mass is 32.2. The Morgan fingerprint density at radius 1 is 1.26 bits per heavy atom. The number of hydrogen-bond acceptors (Lipinski definition) is 6. The summed E-state index contributed by atoms with van der Waals surface area (Å²) in [6, 6.07) is 6.26. The lowest BCUT2D eigenvalue weighted by Gasteiger charge is -2.32. The lowest BCUT2D eigenvalue weighted by molar-refractivity contribution is 0.0693. The largest absolute Gasteiger partial charge is 0.477 e. The molecule has 0 bridgehead atoms. The van der Waals surface area contributed by atoms with Crippen molar-refractivity contribution in [2.24, 2.45) is 0 Å². The van der Waals surface area contributed by atoms with Gasteiger partial charge in [-0.1, -0.05) is 12.1 Å². The molecule has 9 nitrogen and oxygen atoms in total. The van der Waals surface area contributed by atoms with Crippen LogP contribution in [0.1, 0.15) is 50.0 Å². The van der Waals surface area contributed by atoms with Gasteiger partial charge in [-0.25, -0.2) is 17.9 Å². The summed E-state index contributed by atoms with van der Waals surface area (Å²) < 4.78 is 32.9. The number of ether oxygens (including phenoxy) is 1. The molecule has 3 heterocycles. The average Bonchev–Trinajstić information content (AvgIpc) is 3.30. The van der Waals surface area contributed by atoms with Crippen LogP contribution >= 0.6 is 0 Å². The summed E-state index contributed by atoms with van der Waals surface area (Å²) in [6.45, 7) is 0.476. The van der Waals surface area contributed by atoms with E-state index >= 15 is 0 Å². The van der Waals surface area contributed by atoms with Crippen molar-refractivity contribution in [1.29, 1.82) is 0 Å². The summed E-state index contributed by atoms with van der Waals surface area (Å²) in [7, 11) is -3.74. The molecule has 5 rings (SSSR count). The van der Waals surface area contributed by atoms with Crippen molar-refractivity contribution in [3.8, 4) is 0 Å². The third-order valence-corrected chi connectivity index (χ3v) is 6.55. The number of aromatic carboxylic acids is 1. The molecule has 1 aliphatic carbocycles. The standard InChI is InChI=1S/C21H18N2O7S/c1-31(28,29)22-20(25)11-4-2-3-10-12(11)7-13-16-8-17(24)14(21(26)27)9-23(16)15-5-6-30-19(15)18(10)13/h2-4,8-9,15,19H,5-7H2,1H3,(H,22,25)(H,26,27)/t15?,19-/m0/s1. The van der Waals surface area contributed by atoms with Crippen molar-refractivity contribution in [3.63, 3.8) is 0 Å². The van der Waals surface area contributed by atoms with Crippen LogP contribution in [0.3, 0.4) is 0 Å². The molecule has 2 atom stereocenters. The second-order valence-electron chi connectivity index (χ2n) is 7.90. The van der Waals surface area contributed by atoms with Crippen molar-refractivity contribution in [3.05, 3.63) is 68.6 Å². The van der Waals surface area contributed by atoms with E-state index in [1.807, 2.05) is 10.8 Å². The predicted octanol–water partition coefficient (Wildman–Crippen LogP) is 1.05. The zero-order valence-electron chi connectivity index (χ0n) is 16.4. The summed E-state index contributed by atoms with van der Waals surface area (Å²) in [5, 5.41) is 9.38. The van der Waals surface area contributed by atoms with E-state index in [-0.39, 0.29) is 23.3 Å². The minimum atomic E-state index is -3.74. The van der Waals surface area contributed by atoms with Crippen molar-refractivity contribution in [2.75, 3.05) is 12.9 Å². The Morgan fingerprint density at radius 3 is 2.74 bits per heavy atom. The average molecular weight is 442 g/mol. The molecule has 1 aromatic carbocycles. The first-order valence-electron chi connectivity index (χ1n) is 9.64. The first-order valence-corrected chi connectivity index (χ1v) is 11.5. The number of nitrogens with zero attached hydrogens (tertiary/aromatic N) is 1. The minimum Gasteiger partial charge on any atom is -0.477 e. The number of rotatable bonds is 3. The number of hydrogen-bond donors (Lipinski definition) is 2. The van der Waals surface area contributed by atoms with Crippen molar-refractivity contribution in [1.82, 2.24) is 9.29 Å². The van der Waals surface area contributed by atoms with Gasteiger partial charge < -0.3 is 14.4 Å². The molecule has 1 fully saturated rings. The second kappa shape index (κ2) is 6.63. The molecule has 0 spiro atoms. The number of fused-ring (bicyclic) bond motifs is 7. The molecule has 1 amide bonds. The van der Waals surface area contributed by atoms with E-state index in [1.165, 1.54) is 12.3 Å². The monoisotopic (exact) mass is 442 g/mol. The van der Waals surface area contributed by atoms with Crippen LogP contribution in [0.2, 0.25) is 0 Å². The van der Waals surface area contributed by atoms with Crippen LogP contribution < -0.4 is 10.2 Å². The molecule has 160 valence electrons. The molecule has 0 saturated carbocycles.